The summed E-state index contributed by atoms with van der Waals surface area (Å²) in [7, 11) is -5.89. The molecule has 1 N–H and O–H groups in total. The van der Waals surface area contributed by atoms with Crippen LogP contribution in [0.2, 0.25) is 0 Å². The van der Waals surface area contributed by atoms with Crippen LogP contribution in [-0.2, 0) is 4.57 Å². The van der Waals surface area contributed by atoms with Crippen molar-refractivity contribution >= 4 is 46.5 Å². The lowest BCUT2D eigenvalue weighted by atomic mass is 10.3. The molecule has 0 atom stereocenters. The third-order valence-electron chi connectivity index (χ3n) is 6.09. The lowest BCUT2D eigenvalue weighted by molar-refractivity contribution is 0.592. The summed E-state index contributed by atoms with van der Waals surface area (Å²) in [6.45, 7) is 0. The summed E-state index contributed by atoms with van der Waals surface area (Å²) in [5, 5.41) is 4.96. The summed E-state index contributed by atoms with van der Waals surface area (Å²) in [5.74, 6) is 0. The van der Waals surface area contributed by atoms with Crippen molar-refractivity contribution in [3.8, 4) is 0 Å². The van der Waals surface area contributed by atoms with Gasteiger partial charge in [-0.15, -0.1) is 0 Å². The summed E-state index contributed by atoms with van der Waals surface area (Å²) >= 11 is 0. The fraction of sp³-hybridized carbons (Fsp3) is 0. The van der Waals surface area contributed by atoms with Crippen molar-refractivity contribution in [1.82, 2.24) is 0 Å². The Bertz CT molecular complexity index is 1320. The third-order valence-corrected chi connectivity index (χ3v) is 12.3. The Morgan fingerprint density at radius 2 is 0.706 bits per heavy atom. The largest absolute Gasteiger partial charge is 0.309 e. The van der Waals surface area contributed by atoms with Crippen LogP contribution in [0, 0.1) is 0 Å². The molecule has 0 fully saturated rings. The quantitative estimate of drug-likeness (QED) is 0.364. The Kier molecular flexibility index (Phi) is 6.31. The van der Waals surface area contributed by atoms with Crippen LogP contribution < -0.4 is 31.8 Å². The molecule has 0 bridgehead atoms. The summed E-state index contributed by atoms with van der Waals surface area (Å²) in [6, 6.07) is 46.7. The van der Waals surface area contributed by atoms with E-state index in [2.05, 4.69) is 0 Å². The van der Waals surface area contributed by atoms with Gasteiger partial charge in [-0.2, -0.15) is 0 Å². The molecule has 5 aromatic carbocycles. The first kappa shape index (κ1) is 22.5. The Hall–Kier alpha value is -3.28. The van der Waals surface area contributed by atoms with Gasteiger partial charge in [0.15, 0.2) is 7.14 Å². The fourth-order valence-electron chi connectivity index (χ4n) is 4.34. The maximum absolute atomic E-state index is 14.7. The first-order valence-electron chi connectivity index (χ1n) is 11.2. The van der Waals surface area contributed by atoms with Crippen molar-refractivity contribution in [2.75, 3.05) is 0 Å². The van der Waals surface area contributed by atoms with Gasteiger partial charge in [0.25, 0.3) is 0 Å². The molecule has 5 rings (SSSR count). The molecular formula is C30H25O2P2+. The predicted molar refractivity (Wildman–Crippen MR) is 147 cm³/mol. The SMILES string of the molecule is O=P(c1ccccc1)(c1ccccc1)c1ccc([P+](O)(c2ccccc2)c2ccccc2)cc1. The Morgan fingerprint density at radius 3 is 1.09 bits per heavy atom. The highest BCUT2D eigenvalue weighted by Gasteiger charge is 2.44. The minimum absolute atomic E-state index is 0.751. The first-order valence-corrected chi connectivity index (χ1v) is 14.6. The van der Waals surface area contributed by atoms with E-state index in [0.717, 1.165) is 31.8 Å². The highest BCUT2D eigenvalue weighted by atomic mass is 31.2. The van der Waals surface area contributed by atoms with Crippen molar-refractivity contribution in [3.05, 3.63) is 146 Å². The Morgan fingerprint density at radius 1 is 0.412 bits per heavy atom. The topological polar surface area (TPSA) is 37.3 Å². The van der Waals surface area contributed by atoms with Gasteiger partial charge >= 0.3 is 0 Å². The van der Waals surface area contributed by atoms with E-state index in [1.54, 1.807) is 0 Å². The molecule has 0 amide bonds. The molecule has 166 valence electrons. The second-order valence-electron chi connectivity index (χ2n) is 8.10. The van der Waals surface area contributed by atoms with Gasteiger partial charge in [-0.05, 0) is 48.5 Å². The van der Waals surface area contributed by atoms with Crippen molar-refractivity contribution in [2.45, 2.75) is 0 Å². The van der Waals surface area contributed by atoms with Gasteiger partial charge < -0.3 is 4.57 Å². The second kappa shape index (κ2) is 9.53. The van der Waals surface area contributed by atoms with Crippen LogP contribution in [0.15, 0.2) is 146 Å². The molecule has 0 saturated carbocycles. The third kappa shape index (κ3) is 3.95. The van der Waals surface area contributed by atoms with Crippen molar-refractivity contribution in [1.29, 1.82) is 0 Å². The number of hydrogen-bond donors (Lipinski definition) is 1. The molecule has 0 aliphatic carbocycles. The van der Waals surface area contributed by atoms with Gasteiger partial charge in [0.05, 0.1) is 0 Å². The second-order valence-corrected chi connectivity index (χ2v) is 13.7. The molecule has 0 unspecified atom stereocenters. The Labute approximate surface area is 201 Å². The smallest absolute Gasteiger partial charge is 0.238 e. The summed E-state index contributed by atoms with van der Waals surface area (Å²) in [6.07, 6.45) is 0. The molecular weight excluding hydrogens is 454 g/mol. The van der Waals surface area contributed by atoms with Gasteiger partial charge in [-0.25, -0.2) is 4.89 Å². The summed E-state index contributed by atoms with van der Waals surface area (Å²) in [4.78, 5) is 12.2. The average Bonchev–Trinajstić information content (AvgIpc) is 2.94. The van der Waals surface area contributed by atoms with Crippen molar-refractivity contribution in [3.63, 3.8) is 0 Å². The maximum Gasteiger partial charge on any atom is 0.238 e. The van der Waals surface area contributed by atoms with E-state index in [4.69, 9.17) is 0 Å². The predicted octanol–water partition coefficient (Wildman–Crippen LogP) is 4.53. The van der Waals surface area contributed by atoms with Gasteiger partial charge in [0, 0.05) is 15.9 Å². The molecule has 0 radical (unpaired) electrons. The number of rotatable bonds is 6. The van der Waals surface area contributed by atoms with E-state index in [0.29, 0.717) is 0 Å². The molecule has 2 nitrogen and oxygen atoms in total. The van der Waals surface area contributed by atoms with E-state index in [1.165, 1.54) is 0 Å². The molecule has 0 aromatic heterocycles. The van der Waals surface area contributed by atoms with E-state index < -0.39 is 14.6 Å². The maximum atomic E-state index is 14.7. The minimum Gasteiger partial charge on any atom is -0.309 e. The summed E-state index contributed by atoms with van der Waals surface area (Å²) < 4.78 is 14.7. The van der Waals surface area contributed by atoms with E-state index in [1.807, 2.05) is 146 Å². The monoisotopic (exact) mass is 479 g/mol. The van der Waals surface area contributed by atoms with E-state index in [-0.39, 0.29) is 0 Å². The molecule has 0 saturated heterocycles. The number of benzene rings is 5. The first-order chi connectivity index (χ1) is 16.6. The highest BCUT2D eigenvalue weighted by molar-refractivity contribution is 7.91. The molecule has 0 aliphatic rings. The molecule has 0 spiro atoms. The van der Waals surface area contributed by atoms with Gasteiger partial charge in [-0.1, -0.05) is 97.1 Å². The highest BCUT2D eigenvalue weighted by Crippen LogP contribution is 2.51. The van der Waals surface area contributed by atoms with Crippen molar-refractivity contribution in [2.24, 2.45) is 0 Å². The molecule has 5 aromatic rings. The Balaban J connectivity index is 1.66. The molecule has 4 heteroatoms. The summed E-state index contributed by atoms with van der Waals surface area (Å²) in [5.41, 5.74) is 0. The zero-order valence-electron chi connectivity index (χ0n) is 18.6. The van der Waals surface area contributed by atoms with Crippen molar-refractivity contribution < 1.29 is 9.46 Å². The fourth-order valence-corrected chi connectivity index (χ4v) is 9.67. The zero-order valence-corrected chi connectivity index (χ0v) is 20.4. The van der Waals surface area contributed by atoms with Gasteiger partial charge in [-0.3, -0.25) is 0 Å². The van der Waals surface area contributed by atoms with Crippen LogP contribution in [0.5, 0.6) is 0 Å². The average molecular weight is 479 g/mol. The lowest BCUT2D eigenvalue weighted by Crippen LogP contribution is -2.32. The minimum atomic E-state index is -3.06. The normalized spacial score (nSPS) is 11.8. The van der Waals surface area contributed by atoms with Crippen LogP contribution in [0.25, 0.3) is 0 Å². The molecule has 0 aliphatic heterocycles. The number of hydrogen-bond acceptors (Lipinski definition) is 2. The van der Waals surface area contributed by atoms with Crippen LogP contribution in [-0.4, -0.2) is 4.89 Å². The standard InChI is InChI=1S/C30H25O2P2/c31-33(25-13-5-1-6-14-25,26-15-7-2-8-16-26)29-21-23-30(24-22-29)34(32,27-17-9-3-10-18-27)28-19-11-4-12-20-28/h1-24,31H/q+1. The van der Waals surface area contributed by atoms with Crippen LogP contribution >= 0.6 is 14.6 Å². The lowest BCUT2D eigenvalue weighted by Gasteiger charge is -2.22. The van der Waals surface area contributed by atoms with Gasteiger partial charge in [0.2, 0.25) is 7.49 Å². The molecule has 0 heterocycles. The van der Waals surface area contributed by atoms with Gasteiger partial charge in [0.1, 0.15) is 15.9 Å². The molecule has 34 heavy (non-hydrogen) atoms. The van der Waals surface area contributed by atoms with Crippen LogP contribution in [0.4, 0.5) is 0 Å². The van der Waals surface area contributed by atoms with E-state index in [9.17, 15) is 9.46 Å². The van der Waals surface area contributed by atoms with E-state index >= 15 is 0 Å². The van der Waals surface area contributed by atoms with Crippen LogP contribution in [0.1, 0.15) is 0 Å². The van der Waals surface area contributed by atoms with Crippen LogP contribution in [0.3, 0.4) is 0 Å². The zero-order chi connectivity index (χ0) is 23.4.